The molecule has 1 aliphatic heterocycles. The highest BCUT2D eigenvalue weighted by Gasteiger charge is 2.20. The maximum atomic E-state index is 11.8. The summed E-state index contributed by atoms with van der Waals surface area (Å²) in [5, 5.41) is 12.8. The molecule has 1 atom stereocenters. The molecule has 2 N–H and O–H groups in total. The SMILES string of the molecule is CSCCC(C)(O)CNC(=O)/C=C/c1ccc2c(c1)OCO2. The molecule has 1 aromatic rings. The number of fused-ring (bicyclic) bond motifs is 1. The molecule has 0 saturated carbocycles. The van der Waals surface area contributed by atoms with Crippen LogP contribution in [0.1, 0.15) is 18.9 Å². The van der Waals surface area contributed by atoms with Gasteiger partial charge in [-0.3, -0.25) is 4.79 Å². The maximum Gasteiger partial charge on any atom is 0.244 e. The van der Waals surface area contributed by atoms with Crippen LogP contribution in [0.2, 0.25) is 0 Å². The molecule has 1 unspecified atom stereocenters. The molecule has 1 amide bonds. The molecule has 1 aliphatic rings. The van der Waals surface area contributed by atoms with E-state index in [2.05, 4.69) is 5.32 Å². The molecule has 0 aliphatic carbocycles. The molecule has 0 fully saturated rings. The van der Waals surface area contributed by atoms with E-state index in [9.17, 15) is 9.90 Å². The summed E-state index contributed by atoms with van der Waals surface area (Å²) in [6.45, 7) is 2.19. The van der Waals surface area contributed by atoms with Crippen molar-refractivity contribution in [2.45, 2.75) is 18.9 Å². The fraction of sp³-hybridized carbons (Fsp3) is 0.438. The van der Waals surface area contributed by atoms with Crippen LogP contribution in [0.5, 0.6) is 11.5 Å². The van der Waals surface area contributed by atoms with Crippen molar-refractivity contribution >= 4 is 23.7 Å². The molecule has 1 aromatic carbocycles. The van der Waals surface area contributed by atoms with Crippen molar-refractivity contribution in [1.29, 1.82) is 0 Å². The molecule has 5 nitrogen and oxygen atoms in total. The first-order chi connectivity index (χ1) is 10.5. The summed E-state index contributed by atoms with van der Waals surface area (Å²) >= 11 is 1.67. The maximum absolute atomic E-state index is 11.8. The normalized spacial score (nSPS) is 15.8. The Morgan fingerprint density at radius 1 is 1.45 bits per heavy atom. The molecule has 1 heterocycles. The Morgan fingerprint density at radius 2 is 2.23 bits per heavy atom. The fourth-order valence-corrected chi connectivity index (χ4v) is 2.58. The van der Waals surface area contributed by atoms with Gasteiger partial charge in [-0.25, -0.2) is 0 Å². The topological polar surface area (TPSA) is 67.8 Å². The molecule has 0 spiro atoms. The highest BCUT2D eigenvalue weighted by molar-refractivity contribution is 7.98. The first-order valence-electron chi connectivity index (χ1n) is 7.07. The van der Waals surface area contributed by atoms with Gasteiger partial charge in [0.05, 0.1) is 5.60 Å². The van der Waals surface area contributed by atoms with Crippen LogP contribution < -0.4 is 14.8 Å². The molecular formula is C16H21NO4S. The van der Waals surface area contributed by atoms with Gasteiger partial charge >= 0.3 is 0 Å². The van der Waals surface area contributed by atoms with E-state index in [1.807, 2.05) is 24.5 Å². The van der Waals surface area contributed by atoms with Crippen molar-refractivity contribution in [2.75, 3.05) is 25.3 Å². The average Bonchev–Trinajstić information content (AvgIpc) is 2.96. The summed E-state index contributed by atoms with van der Waals surface area (Å²) in [5.41, 5.74) is -0.0285. The van der Waals surface area contributed by atoms with Crippen LogP contribution in [0.25, 0.3) is 6.08 Å². The van der Waals surface area contributed by atoms with Crippen molar-refractivity contribution in [3.05, 3.63) is 29.8 Å². The summed E-state index contributed by atoms with van der Waals surface area (Å²) in [7, 11) is 0. The number of hydrogen-bond acceptors (Lipinski definition) is 5. The predicted molar refractivity (Wildman–Crippen MR) is 88.2 cm³/mol. The van der Waals surface area contributed by atoms with Crippen LogP contribution >= 0.6 is 11.8 Å². The van der Waals surface area contributed by atoms with Gasteiger partial charge < -0.3 is 19.9 Å². The average molecular weight is 323 g/mol. The van der Waals surface area contributed by atoms with E-state index in [1.54, 1.807) is 24.8 Å². The minimum atomic E-state index is -0.884. The number of benzene rings is 1. The van der Waals surface area contributed by atoms with Crippen LogP contribution in [0.4, 0.5) is 0 Å². The smallest absolute Gasteiger partial charge is 0.244 e. The van der Waals surface area contributed by atoms with Gasteiger partial charge in [-0.05, 0) is 49.1 Å². The number of rotatable bonds is 7. The monoisotopic (exact) mass is 323 g/mol. The Labute approximate surface area is 134 Å². The Hall–Kier alpha value is -1.66. The number of thioether (sulfide) groups is 1. The van der Waals surface area contributed by atoms with Gasteiger partial charge in [0.15, 0.2) is 11.5 Å². The Kier molecular flexibility index (Phi) is 5.74. The number of aliphatic hydroxyl groups is 1. The zero-order chi connectivity index (χ0) is 16.0. The molecule has 0 radical (unpaired) electrons. The second-order valence-corrected chi connectivity index (χ2v) is 6.39. The molecule has 6 heteroatoms. The molecular weight excluding hydrogens is 302 g/mol. The van der Waals surface area contributed by atoms with E-state index in [1.165, 1.54) is 6.08 Å². The first kappa shape index (κ1) is 16.7. The van der Waals surface area contributed by atoms with Crippen LogP contribution in [0.15, 0.2) is 24.3 Å². The number of hydrogen-bond donors (Lipinski definition) is 2. The Morgan fingerprint density at radius 3 is 3.00 bits per heavy atom. The summed E-state index contributed by atoms with van der Waals surface area (Å²) < 4.78 is 10.5. The number of amides is 1. The predicted octanol–water partition coefficient (Wildman–Crippen LogP) is 2.05. The molecule has 2 rings (SSSR count). The van der Waals surface area contributed by atoms with E-state index in [0.717, 1.165) is 11.3 Å². The zero-order valence-electron chi connectivity index (χ0n) is 12.8. The third-order valence-electron chi connectivity index (χ3n) is 3.31. The van der Waals surface area contributed by atoms with Crippen molar-refractivity contribution in [3.63, 3.8) is 0 Å². The van der Waals surface area contributed by atoms with Gasteiger partial charge in [0.1, 0.15) is 0 Å². The van der Waals surface area contributed by atoms with E-state index in [-0.39, 0.29) is 19.2 Å². The highest BCUT2D eigenvalue weighted by atomic mass is 32.2. The van der Waals surface area contributed by atoms with E-state index >= 15 is 0 Å². The van der Waals surface area contributed by atoms with Crippen LogP contribution in [-0.4, -0.2) is 42.0 Å². The summed E-state index contributed by atoms with van der Waals surface area (Å²) in [4.78, 5) is 11.8. The molecule has 120 valence electrons. The lowest BCUT2D eigenvalue weighted by atomic mass is 10.0. The standard InChI is InChI=1S/C16H21NO4S/c1-16(19,7-8-22-2)10-17-15(18)6-4-12-3-5-13-14(9-12)21-11-20-13/h3-6,9,19H,7-8,10-11H2,1-2H3,(H,17,18)/b6-4+. The first-order valence-corrected chi connectivity index (χ1v) is 8.46. The number of nitrogens with one attached hydrogen (secondary N) is 1. The zero-order valence-corrected chi connectivity index (χ0v) is 13.6. The number of carbonyl (C=O) groups is 1. The van der Waals surface area contributed by atoms with Gasteiger partial charge in [0, 0.05) is 12.6 Å². The molecule has 0 aromatic heterocycles. The largest absolute Gasteiger partial charge is 0.454 e. The van der Waals surface area contributed by atoms with Gasteiger partial charge in [-0.1, -0.05) is 6.07 Å². The fourth-order valence-electron chi connectivity index (χ4n) is 1.94. The van der Waals surface area contributed by atoms with Crippen molar-refractivity contribution in [3.8, 4) is 11.5 Å². The lowest BCUT2D eigenvalue weighted by Gasteiger charge is -2.22. The van der Waals surface area contributed by atoms with Crippen molar-refractivity contribution in [1.82, 2.24) is 5.32 Å². The van der Waals surface area contributed by atoms with Gasteiger partial charge in [0.25, 0.3) is 0 Å². The van der Waals surface area contributed by atoms with E-state index in [0.29, 0.717) is 17.9 Å². The van der Waals surface area contributed by atoms with Gasteiger partial charge in [-0.15, -0.1) is 0 Å². The number of carbonyl (C=O) groups excluding carboxylic acids is 1. The van der Waals surface area contributed by atoms with Crippen LogP contribution in [-0.2, 0) is 4.79 Å². The Balaban J connectivity index is 1.84. The van der Waals surface area contributed by atoms with Gasteiger partial charge in [-0.2, -0.15) is 11.8 Å². The van der Waals surface area contributed by atoms with E-state index in [4.69, 9.17) is 9.47 Å². The third-order valence-corrected chi connectivity index (χ3v) is 3.92. The third kappa shape index (κ3) is 4.96. The van der Waals surface area contributed by atoms with Crippen molar-refractivity contribution in [2.24, 2.45) is 0 Å². The minimum Gasteiger partial charge on any atom is -0.454 e. The highest BCUT2D eigenvalue weighted by Crippen LogP contribution is 2.32. The van der Waals surface area contributed by atoms with Gasteiger partial charge in [0.2, 0.25) is 12.7 Å². The second-order valence-electron chi connectivity index (χ2n) is 5.40. The van der Waals surface area contributed by atoms with Crippen LogP contribution in [0.3, 0.4) is 0 Å². The summed E-state index contributed by atoms with van der Waals surface area (Å²) in [6, 6.07) is 5.49. The number of ether oxygens (including phenoxy) is 2. The second kappa shape index (κ2) is 7.56. The van der Waals surface area contributed by atoms with E-state index < -0.39 is 5.60 Å². The quantitative estimate of drug-likeness (QED) is 0.752. The molecule has 0 saturated heterocycles. The summed E-state index contributed by atoms with van der Waals surface area (Å²) in [6.07, 6.45) is 5.78. The molecule has 22 heavy (non-hydrogen) atoms. The minimum absolute atomic E-state index is 0.230. The van der Waals surface area contributed by atoms with Crippen LogP contribution in [0, 0.1) is 0 Å². The lowest BCUT2D eigenvalue weighted by molar-refractivity contribution is -0.117. The van der Waals surface area contributed by atoms with Crippen molar-refractivity contribution < 1.29 is 19.4 Å². The molecule has 0 bridgehead atoms. The lowest BCUT2D eigenvalue weighted by Crippen LogP contribution is -2.40. The Bertz CT molecular complexity index is 557. The summed E-state index contributed by atoms with van der Waals surface area (Å²) in [5.74, 6) is 2.02.